The van der Waals surface area contributed by atoms with Gasteiger partial charge in [-0.2, -0.15) is 0 Å². The number of likely N-dealkylation sites (tertiary alicyclic amines) is 1. The van der Waals surface area contributed by atoms with Gasteiger partial charge in [0.1, 0.15) is 17.1 Å². The Kier molecular flexibility index (Phi) is 6.39. The van der Waals surface area contributed by atoms with Crippen LogP contribution in [0.2, 0.25) is 0 Å². The van der Waals surface area contributed by atoms with Gasteiger partial charge in [0, 0.05) is 37.1 Å². The standard InChI is InChI=1S/C24H29N5O2/c1-4-8-21-26-15-18(17-10-12-25-13-11-17)23(27-21)20-9-6-7-14-29(20)24(30)22-16(3)31-28-19(22)5-2/h10-13,15,20H,4-9,14H2,1-3H3/t20-/m0/s1. The molecule has 3 aromatic rings. The first-order chi connectivity index (χ1) is 15.1. The number of hydrogen-bond acceptors (Lipinski definition) is 6. The van der Waals surface area contributed by atoms with Gasteiger partial charge in [0.05, 0.1) is 17.4 Å². The maximum atomic E-state index is 13.7. The molecule has 0 radical (unpaired) electrons. The van der Waals surface area contributed by atoms with Crippen molar-refractivity contribution in [2.24, 2.45) is 0 Å². The zero-order valence-corrected chi connectivity index (χ0v) is 18.5. The number of rotatable bonds is 6. The van der Waals surface area contributed by atoms with E-state index in [1.54, 1.807) is 12.4 Å². The molecule has 7 nitrogen and oxygen atoms in total. The molecular formula is C24H29N5O2. The highest BCUT2D eigenvalue weighted by atomic mass is 16.5. The molecule has 1 atom stereocenters. The van der Waals surface area contributed by atoms with Gasteiger partial charge in [0.15, 0.2) is 0 Å². The third-order valence-corrected chi connectivity index (χ3v) is 5.89. The third kappa shape index (κ3) is 4.22. The first-order valence-electron chi connectivity index (χ1n) is 11.2. The van der Waals surface area contributed by atoms with Crippen LogP contribution in [0.15, 0.2) is 35.2 Å². The molecule has 7 heteroatoms. The van der Waals surface area contributed by atoms with Crippen molar-refractivity contribution in [1.29, 1.82) is 0 Å². The lowest BCUT2D eigenvalue weighted by molar-refractivity contribution is 0.0603. The average Bonchev–Trinajstić information content (AvgIpc) is 3.20. The highest BCUT2D eigenvalue weighted by Gasteiger charge is 2.34. The minimum atomic E-state index is -0.109. The molecular weight excluding hydrogens is 390 g/mol. The number of hydrogen-bond donors (Lipinski definition) is 0. The molecule has 1 saturated heterocycles. The van der Waals surface area contributed by atoms with E-state index in [4.69, 9.17) is 9.51 Å². The quantitative estimate of drug-likeness (QED) is 0.575. The maximum absolute atomic E-state index is 13.7. The Morgan fingerprint density at radius 2 is 2.03 bits per heavy atom. The Morgan fingerprint density at radius 1 is 1.23 bits per heavy atom. The molecule has 0 aromatic carbocycles. The molecule has 1 fully saturated rings. The van der Waals surface area contributed by atoms with Gasteiger partial charge in [0.25, 0.3) is 5.91 Å². The number of carbonyl (C=O) groups is 1. The highest BCUT2D eigenvalue weighted by molar-refractivity contribution is 5.96. The Morgan fingerprint density at radius 3 is 2.77 bits per heavy atom. The van der Waals surface area contributed by atoms with Crippen LogP contribution < -0.4 is 0 Å². The second-order valence-corrected chi connectivity index (χ2v) is 8.00. The van der Waals surface area contributed by atoms with E-state index in [0.29, 0.717) is 24.3 Å². The van der Waals surface area contributed by atoms with E-state index in [0.717, 1.165) is 60.4 Å². The second-order valence-electron chi connectivity index (χ2n) is 8.00. The van der Waals surface area contributed by atoms with Gasteiger partial charge in [-0.1, -0.05) is 19.0 Å². The van der Waals surface area contributed by atoms with Crippen LogP contribution in [0.5, 0.6) is 0 Å². The molecule has 1 amide bonds. The van der Waals surface area contributed by atoms with Gasteiger partial charge >= 0.3 is 0 Å². The lowest BCUT2D eigenvalue weighted by Crippen LogP contribution is -2.39. The Balaban J connectivity index is 1.79. The predicted molar refractivity (Wildman–Crippen MR) is 118 cm³/mol. The van der Waals surface area contributed by atoms with Crippen LogP contribution in [-0.2, 0) is 12.8 Å². The van der Waals surface area contributed by atoms with Crippen LogP contribution >= 0.6 is 0 Å². The zero-order valence-electron chi connectivity index (χ0n) is 18.5. The molecule has 3 aromatic heterocycles. The molecule has 0 spiro atoms. The monoisotopic (exact) mass is 419 g/mol. The van der Waals surface area contributed by atoms with Gasteiger partial charge in [-0.25, -0.2) is 9.97 Å². The molecule has 162 valence electrons. The van der Waals surface area contributed by atoms with Crippen molar-refractivity contribution < 1.29 is 9.32 Å². The molecule has 31 heavy (non-hydrogen) atoms. The first-order valence-corrected chi connectivity index (χ1v) is 11.2. The van der Waals surface area contributed by atoms with Crippen molar-refractivity contribution in [3.05, 3.63) is 59.3 Å². The Bertz CT molecular complexity index is 1050. The summed E-state index contributed by atoms with van der Waals surface area (Å²) in [6.07, 6.45) is 10.8. The van der Waals surface area contributed by atoms with E-state index in [1.807, 2.05) is 37.1 Å². The molecule has 1 aliphatic heterocycles. The molecule has 0 bridgehead atoms. The van der Waals surface area contributed by atoms with Gasteiger partial charge in [-0.3, -0.25) is 9.78 Å². The van der Waals surface area contributed by atoms with Crippen molar-refractivity contribution >= 4 is 5.91 Å². The average molecular weight is 420 g/mol. The van der Waals surface area contributed by atoms with Crippen LogP contribution in [0.4, 0.5) is 0 Å². The van der Waals surface area contributed by atoms with Gasteiger partial charge in [-0.15, -0.1) is 0 Å². The minimum Gasteiger partial charge on any atom is -0.361 e. The summed E-state index contributed by atoms with van der Waals surface area (Å²) in [6, 6.07) is 3.83. The van der Waals surface area contributed by atoms with Gasteiger partial charge in [0.2, 0.25) is 0 Å². The third-order valence-electron chi connectivity index (χ3n) is 5.89. The molecule has 0 N–H and O–H groups in total. The summed E-state index contributed by atoms with van der Waals surface area (Å²) in [7, 11) is 0. The van der Waals surface area contributed by atoms with Crippen molar-refractivity contribution in [3.8, 4) is 11.1 Å². The SMILES string of the molecule is CCCc1ncc(-c2ccncc2)c([C@@H]2CCCCN2C(=O)c2c(CC)noc2C)n1. The summed E-state index contributed by atoms with van der Waals surface area (Å²) in [5.74, 6) is 1.38. The van der Waals surface area contributed by atoms with Crippen molar-refractivity contribution in [1.82, 2.24) is 25.0 Å². The van der Waals surface area contributed by atoms with Gasteiger partial charge < -0.3 is 9.42 Å². The number of pyridine rings is 1. The maximum Gasteiger partial charge on any atom is 0.259 e. The molecule has 0 unspecified atom stereocenters. The summed E-state index contributed by atoms with van der Waals surface area (Å²) in [4.78, 5) is 29.4. The summed E-state index contributed by atoms with van der Waals surface area (Å²) in [6.45, 7) is 6.62. The fraction of sp³-hybridized carbons (Fsp3) is 0.458. The molecule has 0 saturated carbocycles. The van der Waals surface area contributed by atoms with Crippen molar-refractivity contribution in [2.75, 3.05) is 6.54 Å². The number of amides is 1. The minimum absolute atomic E-state index is 0.0170. The molecule has 4 rings (SSSR count). The van der Waals surface area contributed by atoms with Crippen LogP contribution in [0.3, 0.4) is 0 Å². The van der Waals surface area contributed by atoms with Crippen molar-refractivity contribution in [2.45, 2.75) is 65.3 Å². The fourth-order valence-electron chi connectivity index (χ4n) is 4.32. The van der Waals surface area contributed by atoms with E-state index in [-0.39, 0.29) is 11.9 Å². The number of carbonyl (C=O) groups excluding carboxylic acids is 1. The second kappa shape index (κ2) is 9.37. The highest BCUT2D eigenvalue weighted by Crippen LogP contribution is 2.37. The lowest BCUT2D eigenvalue weighted by Gasteiger charge is -2.36. The molecule has 0 aliphatic carbocycles. The van der Waals surface area contributed by atoms with E-state index < -0.39 is 0 Å². The topological polar surface area (TPSA) is 85.0 Å². The van der Waals surface area contributed by atoms with E-state index in [2.05, 4.69) is 22.0 Å². The largest absolute Gasteiger partial charge is 0.361 e. The Labute approximate surface area is 182 Å². The van der Waals surface area contributed by atoms with Crippen LogP contribution in [0, 0.1) is 6.92 Å². The van der Waals surface area contributed by atoms with E-state index in [1.165, 1.54) is 0 Å². The normalized spacial score (nSPS) is 16.5. The van der Waals surface area contributed by atoms with E-state index >= 15 is 0 Å². The number of aromatic nitrogens is 4. The van der Waals surface area contributed by atoms with Crippen molar-refractivity contribution in [3.63, 3.8) is 0 Å². The van der Waals surface area contributed by atoms with Crippen LogP contribution in [-0.4, -0.2) is 37.5 Å². The zero-order chi connectivity index (χ0) is 21.8. The summed E-state index contributed by atoms with van der Waals surface area (Å²) in [5.41, 5.74) is 4.22. The number of aryl methyl sites for hydroxylation is 3. The number of nitrogens with zero attached hydrogens (tertiary/aromatic N) is 5. The van der Waals surface area contributed by atoms with Crippen LogP contribution in [0.25, 0.3) is 11.1 Å². The molecule has 4 heterocycles. The summed E-state index contributed by atoms with van der Waals surface area (Å²) >= 11 is 0. The van der Waals surface area contributed by atoms with Crippen LogP contribution in [0.1, 0.15) is 78.9 Å². The predicted octanol–water partition coefficient (Wildman–Crippen LogP) is 4.72. The Hall–Kier alpha value is -3.09. The summed E-state index contributed by atoms with van der Waals surface area (Å²) in [5, 5.41) is 4.10. The number of piperidine rings is 1. The first kappa shape index (κ1) is 21.2. The van der Waals surface area contributed by atoms with Gasteiger partial charge in [-0.05, 0) is 56.7 Å². The summed E-state index contributed by atoms with van der Waals surface area (Å²) < 4.78 is 5.35. The molecule has 1 aliphatic rings. The fourth-order valence-corrected chi connectivity index (χ4v) is 4.32. The smallest absolute Gasteiger partial charge is 0.259 e. The van der Waals surface area contributed by atoms with E-state index in [9.17, 15) is 4.79 Å². The lowest BCUT2D eigenvalue weighted by atomic mass is 9.93.